The van der Waals surface area contributed by atoms with Gasteiger partial charge in [-0.15, -0.1) is 0 Å². The Morgan fingerprint density at radius 2 is 1.95 bits per heavy atom. The molecular weight excluding hydrogens is 267 g/mol. The number of carbonyl (C=O) groups excluding carboxylic acids is 1. The Bertz CT molecular complexity index is 520. The summed E-state index contributed by atoms with van der Waals surface area (Å²) in [6.07, 6.45) is 2.23. The van der Waals surface area contributed by atoms with Gasteiger partial charge in [0, 0.05) is 30.9 Å². The molecule has 0 aliphatic carbocycles. The van der Waals surface area contributed by atoms with Crippen molar-refractivity contribution in [2.24, 2.45) is 5.92 Å². The van der Waals surface area contributed by atoms with Crippen LogP contribution in [0.2, 0.25) is 0 Å². The molecule has 116 valence electrons. The normalized spacial score (nSPS) is 16.6. The molecule has 1 aromatic rings. The van der Waals surface area contributed by atoms with Gasteiger partial charge in [0.1, 0.15) is 5.82 Å². The molecule has 0 bridgehead atoms. The van der Waals surface area contributed by atoms with E-state index in [0.717, 1.165) is 38.2 Å². The van der Waals surface area contributed by atoms with Crippen LogP contribution in [0, 0.1) is 18.7 Å². The molecule has 4 heteroatoms. The van der Waals surface area contributed by atoms with Crippen LogP contribution in [0.1, 0.15) is 35.7 Å². The highest BCUT2D eigenvalue weighted by Gasteiger charge is 2.23. The zero-order valence-corrected chi connectivity index (χ0v) is 13.4. The first-order valence-corrected chi connectivity index (χ1v) is 7.59. The summed E-state index contributed by atoms with van der Waals surface area (Å²) in [7, 11) is 4.20. The van der Waals surface area contributed by atoms with E-state index in [4.69, 9.17) is 0 Å². The molecule has 0 aromatic heterocycles. The summed E-state index contributed by atoms with van der Waals surface area (Å²) < 4.78 is 13.7. The molecule has 0 atom stereocenters. The number of hydrogen-bond donors (Lipinski definition) is 0. The highest BCUT2D eigenvalue weighted by Crippen LogP contribution is 2.29. The van der Waals surface area contributed by atoms with Gasteiger partial charge in [-0.3, -0.25) is 4.79 Å². The molecule has 1 aromatic carbocycles. The summed E-state index contributed by atoms with van der Waals surface area (Å²) >= 11 is 0. The fourth-order valence-electron chi connectivity index (χ4n) is 3.08. The molecule has 0 radical (unpaired) electrons. The van der Waals surface area contributed by atoms with E-state index in [9.17, 15) is 9.18 Å². The van der Waals surface area contributed by atoms with E-state index < -0.39 is 0 Å². The Kier molecular flexibility index (Phi) is 4.99. The van der Waals surface area contributed by atoms with Gasteiger partial charge in [-0.1, -0.05) is 0 Å². The summed E-state index contributed by atoms with van der Waals surface area (Å²) in [4.78, 5) is 16.2. The van der Waals surface area contributed by atoms with Gasteiger partial charge < -0.3 is 9.80 Å². The lowest BCUT2D eigenvalue weighted by Gasteiger charge is -2.35. The molecule has 0 saturated carbocycles. The van der Waals surface area contributed by atoms with Crippen LogP contribution in [0.3, 0.4) is 0 Å². The van der Waals surface area contributed by atoms with Gasteiger partial charge in [0.2, 0.25) is 0 Å². The van der Waals surface area contributed by atoms with Crippen molar-refractivity contribution in [1.29, 1.82) is 0 Å². The first kappa shape index (κ1) is 16.0. The molecule has 2 rings (SSSR count). The molecule has 0 amide bonds. The van der Waals surface area contributed by atoms with Gasteiger partial charge in [-0.25, -0.2) is 4.39 Å². The standard InChI is InChI=1S/C17H25FN2O/c1-12-9-17(15(13(2)21)10-16(12)18)20-7-5-14(6-8-20)11-19(3)4/h9-10,14H,5-8,11H2,1-4H3. The summed E-state index contributed by atoms with van der Waals surface area (Å²) in [5, 5.41) is 0. The predicted octanol–water partition coefficient (Wildman–Crippen LogP) is 3.11. The third kappa shape index (κ3) is 3.82. The monoisotopic (exact) mass is 292 g/mol. The zero-order chi connectivity index (χ0) is 15.6. The van der Waals surface area contributed by atoms with Crippen molar-refractivity contribution in [3.05, 3.63) is 29.1 Å². The second kappa shape index (κ2) is 6.56. The van der Waals surface area contributed by atoms with Crippen molar-refractivity contribution in [2.45, 2.75) is 26.7 Å². The van der Waals surface area contributed by atoms with Gasteiger partial charge in [0.05, 0.1) is 0 Å². The molecule has 0 unspecified atom stereocenters. The number of carbonyl (C=O) groups is 1. The van der Waals surface area contributed by atoms with Crippen LogP contribution in [-0.2, 0) is 0 Å². The lowest BCUT2D eigenvalue weighted by Crippen LogP contribution is -2.37. The van der Waals surface area contributed by atoms with E-state index in [0.29, 0.717) is 17.0 Å². The highest BCUT2D eigenvalue weighted by atomic mass is 19.1. The highest BCUT2D eigenvalue weighted by molar-refractivity contribution is 6.00. The summed E-state index contributed by atoms with van der Waals surface area (Å²) in [5.41, 5.74) is 2.00. The van der Waals surface area contributed by atoms with E-state index in [1.165, 1.54) is 13.0 Å². The number of benzene rings is 1. The number of hydrogen-bond acceptors (Lipinski definition) is 3. The van der Waals surface area contributed by atoms with Crippen molar-refractivity contribution < 1.29 is 9.18 Å². The lowest BCUT2D eigenvalue weighted by molar-refractivity contribution is 0.101. The average molecular weight is 292 g/mol. The van der Waals surface area contributed by atoms with Crippen LogP contribution in [-0.4, -0.2) is 44.4 Å². The van der Waals surface area contributed by atoms with E-state index in [1.807, 2.05) is 6.07 Å². The van der Waals surface area contributed by atoms with Crippen molar-refractivity contribution in [3.63, 3.8) is 0 Å². The largest absolute Gasteiger partial charge is 0.371 e. The first-order valence-electron chi connectivity index (χ1n) is 7.59. The second-order valence-electron chi connectivity index (χ2n) is 6.37. The Morgan fingerprint density at radius 1 is 1.33 bits per heavy atom. The first-order chi connectivity index (χ1) is 9.88. The van der Waals surface area contributed by atoms with Crippen molar-refractivity contribution in [3.8, 4) is 0 Å². The minimum atomic E-state index is -0.300. The number of aryl methyl sites for hydroxylation is 1. The number of ketones is 1. The average Bonchev–Trinajstić information content (AvgIpc) is 2.41. The Balaban J connectivity index is 2.16. The van der Waals surface area contributed by atoms with E-state index in [-0.39, 0.29) is 11.6 Å². The zero-order valence-electron chi connectivity index (χ0n) is 13.4. The molecule has 1 aliphatic rings. The van der Waals surface area contributed by atoms with Gasteiger partial charge in [0.25, 0.3) is 0 Å². The molecular formula is C17H25FN2O. The van der Waals surface area contributed by atoms with Crippen LogP contribution in [0.4, 0.5) is 10.1 Å². The van der Waals surface area contributed by atoms with Gasteiger partial charge >= 0.3 is 0 Å². The fraction of sp³-hybridized carbons (Fsp3) is 0.588. The number of halogens is 1. The maximum atomic E-state index is 13.7. The fourth-order valence-corrected chi connectivity index (χ4v) is 3.08. The third-order valence-corrected chi connectivity index (χ3v) is 4.23. The van der Waals surface area contributed by atoms with Crippen LogP contribution >= 0.6 is 0 Å². The van der Waals surface area contributed by atoms with Crippen molar-refractivity contribution >= 4 is 11.5 Å². The molecule has 1 heterocycles. The van der Waals surface area contributed by atoms with Crippen LogP contribution < -0.4 is 4.90 Å². The topological polar surface area (TPSA) is 23.6 Å². The molecule has 1 fully saturated rings. The predicted molar refractivity (Wildman–Crippen MR) is 84.6 cm³/mol. The quantitative estimate of drug-likeness (QED) is 0.797. The Hall–Kier alpha value is -1.42. The summed E-state index contributed by atoms with van der Waals surface area (Å²) in [6, 6.07) is 3.21. The van der Waals surface area contributed by atoms with Gasteiger partial charge in [-0.2, -0.15) is 0 Å². The Morgan fingerprint density at radius 3 is 2.48 bits per heavy atom. The number of piperidine rings is 1. The second-order valence-corrected chi connectivity index (χ2v) is 6.37. The van der Waals surface area contributed by atoms with Gasteiger partial charge in [-0.05, 0) is 64.4 Å². The van der Waals surface area contributed by atoms with E-state index in [2.05, 4.69) is 23.9 Å². The maximum Gasteiger partial charge on any atom is 0.161 e. The summed E-state index contributed by atoms with van der Waals surface area (Å²) in [6.45, 7) is 6.23. The molecule has 0 N–H and O–H groups in total. The number of Topliss-reactive ketones (excluding diaryl/α,β-unsaturated/α-hetero) is 1. The van der Waals surface area contributed by atoms with Crippen LogP contribution in [0.15, 0.2) is 12.1 Å². The SMILES string of the molecule is CC(=O)c1cc(F)c(C)cc1N1CCC(CN(C)C)CC1. The third-order valence-electron chi connectivity index (χ3n) is 4.23. The number of nitrogens with zero attached hydrogens (tertiary/aromatic N) is 2. The van der Waals surface area contributed by atoms with Gasteiger partial charge in [0.15, 0.2) is 5.78 Å². The van der Waals surface area contributed by atoms with Crippen molar-refractivity contribution in [1.82, 2.24) is 4.90 Å². The molecule has 3 nitrogen and oxygen atoms in total. The van der Waals surface area contributed by atoms with Crippen LogP contribution in [0.5, 0.6) is 0 Å². The molecule has 21 heavy (non-hydrogen) atoms. The molecule has 0 spiro atoms. The van der Waals surface area contributed by atoms with E-state index in [1.54, 1.807) is 6.92 Å². The lowest BCUT2D eigenvalue weighted by atomic mass is 9.94. The van der Waals surface area contributed by atoms with Crippen molar-refractivity contribution in [2.75, 3.05) is 38.6 Å². The number of rotatable bonds is 4. The summed E-state index contributed by atoms with van der Waals surface area (Å²) in [5.74, 6) is 0.337. The Labute approximate surface area is 126 Å². The van der Waals surface area contributed by atoms with E-state index >= 15 is 0 Å². The number of anilines is 1. The minimum absolute atomic E-state index is 0.0701. The smallest absolute Gasteiger partial charge is 0.161 e. The molecule has 1 saturated heterocycles. The van der Waals surface area contributed by atoms with Crippen LogP contribution in [0.25, 0.3) is 0 Å². The minimum Gasteiger partial charge on any atom is -0.371 e. The molecule has 1 aliphatic heterocycles. The maximum absolute atomic E-state index is 13.7.